The fourth-order valence-corrected chi connectivity index (χ4v) is 4.32. The van der Waals surface area contributed by atoms with Crippen molar-refractivity contribution >= 4 is 0 Å². The number of hydrogen-bond acceptors (Lipinski definition) is 7. The molecule has 7 nitrogen and oxygen atoms in total. The zero-order chi connectivity index (χ0) is 38.6. The van der Waals surface area contributed by atoms with Crippen LogP contribution in [-0.2, 0) is 28.4 Å². The molecule has 0 amide bonds. The maximum absolute atomic E-state index is 6.93. The molecule has 0 saturated heterocycles. The van der Waals surface area contributed by atoms with Crippen LogP contribution in [0.25, 0.3) is 0 Å². The van der Waals surface area contributed by atoms with Crippen molar-refractivity contribution in [3.05, 3.63) is 0 Å². The molecule has 0 heterocycles. The van der Waals surface area contributed by atoms with Crippen molar-refractivity contribution in [3.8, 4) is 0 Å². The van der Waals surface area contributed by atoms with E-state index >= 15 is 0 Å². The average molecular weight is 694 g/mol. The van der Waals surface area contributed by atoms with Gasteiger partial charge in [0, 0.05) is 39.5 Å². The van der Waals surface area contributed by atoms with Crippen LogP contribution in [0.15, 0.2) is 0 Å². The lowest BCUT2D eigenvalue weighted by atomic mass is 9.76. The first-order chi connectivity index (χ1) is 22.0. The van der Waals surface area contributed by atoms with E-state index in [9.17, 15) is 0 Å². The van der Waals surface area contributed by atoms with Crippen LogP contribution in [0.3, 0.4) is 0 Å². The van der Waals surface area contributed by atoms with E-state index < -0.39 is 0 Å². The van der Waals surface area contributed by atoms with E-state index in [1.165, 1.54) is 6.42 Å². The summed E-state index contributed by atoms with van der Waals surface area (Å²) >= 11 is 0. The third kappa shape index (κ3) is 41.9. The Morgan fingerprint density at radius 1 is 0.479 bits per heavy atom. The summed E-state index contributed by atoms with van der Waals surface area (Å²) in [5, 5.41) is 0. The zero-order valence-corrected chi connectivity index (χ0v) is 36.6. The molecule has 0 aliphatic heterocycles. The maximum atomic E-state index is 6.93. The lowest BCUT2D eigenvalue weighted by Crippen LogP contribution is -2.48. The van der Waals surface area contributed by atoms with Crippen molar-refractivity contribution in [2.24, 2.45) is 10.8 Å². The predicted octanol–water partition coefficient (Wildman–Crippen LogP) is 10.9. The van der Waals surface area contributed by atoms with Crippen LogP contribution >= 0.6 is 0 Å². The second kappa shape index (κ2) is 31.5. The van der Waals surface area contributed by atoms with Crippen LogP contribution in [0, 0.1) is 10.8 Å². The van der Waals surface area contributed by atoms with Gasteiger partial charge < -0.3 is 28.4 Å². The summed E-state index contributed by atoms with van der Waals surface area (Å²) in [4.78, 5) is 2.47. The van der Waals surface area contributed by atoms with E-state index in [0.29, 0.717) is 24.2 Å². The minimum atomic E-state index is -0.257. The van der Waals surface area contributed by atoms with Gasteiger partial charge in [0.2, 0.25) is 0 Å². The van der Waals surface area contributed by atoms with Crippen molar-refractivity contribution in [2.75, 3.05) is 52.7 Å². The molecule has 7 heteroatoms. The smallest absolute Gasteiger partial charge is 0.0760 e. The summed E-state index contributed by atoms with van der Waals surface area (Å²) in [7, 11) is 0. The fraction of sp³-hybridized carbons (Fsp3) is 1.00. The molecule has 0 aromatic carbocycles. The second-order valence-corrected chi connectivity index (χ2v) is 16.2. The molecule has 0 rings (SSSR count). The Hall–Kier alpha value is -0.280. The van der Waals surface area contributed by atoms with E-state index in [1.807, 2.05) is 55.4 Å². The van der Waals surface area contributed by atoms with Gasteiger partial charge >= 0.3 is 0 Å². The maximum Gasteiger partial charge on any atom is 0.0760 e. The van der Waals surface area contributed by atoms with E-state index in [1.54, 1.807) is 0 Å². The number of ether oxygens (including phenoxy) is 6. The third-order valence-corrected chi connectivity index (χ3v) is 7.15. The molecule has 0 aliphatic carbocycles. The van der Waals surface area contributed by atoms with E-state index in [2.05, 4.69) is 94.9 Å². The Morgan fingerprint density at radius 2 is 0.833 bits per heavy atom. The number of hydrogen-bond donors (Lipinski definition) is 0. The Morgan fingerprint density at radius 3 is 1.12 bits per heavy atom. The molecular weight excluding hydrogens is 602 g/mol. The lowest BCUT2D eigenvalue weighted by Gasteiger charge is -2.43. The largest absolute Gasteiger partial charge is 0.379 e. The third-order valence-electron chi connectivity index (χ3n) is 7.15. The van der Waals surface area contributed by atoms with Gasteiger partial charge in [0.25, 0.3) is 0 Å². The Kier molecular flexibility index (Phi) is 35.7. The van der Waals surface area contributed by atoms with E-state index in [0.717, 1.165) is 58.9 Å². The van der Waals surface area contributed by atoms with Crippen LogP contribution in [0.2, 0.25) is 0 Å². The molecule has 1 unspecified atom stereocenters. The highest BCUT2D eigenvalue weighted by molar-refractivity contribution is 4.87. The molecule has 0 aromatic rings. The van der Waals surface area contributed by atoms with Crippen molar-refractivity contribution in [2.45, 2.75) is 207 Å². The van der Waals surface area contributed by atoms with Crippen LogP contribution in [0.1, 0.15) is 165 Å². The molecule has 0 fully saturated rings. The highest BCUT2D eigenvalue weighted by Gasteiger charge is 2.37. The van der Waals surface area contributed by atoms with Crippen LogP contribution in [-0.4, -0.2) is 99.8 Å². The first-order valence-electron chi connectivity index (χ1n) is 19.5. The molecule has 0 aliphatic rings. The summed E-state index contributed by atoms with van der Waals surface area (Å²) in [6, 6.07) is 0. The molecular formula is C41H91NO6. The van der Waals surface area contributed by atoms with Crippen LogP contribution in [0.4, 0.5) is 0 Å². The van der Waals surface area contributed by atoms with Gasteiger partial charge in [-0.05, 0) is 127 Å². The Balaban J connectivity index is -0.000000576. The quantitative estimate of drug-likeness (QED) is 0.106. The van der Waals surface area contributed by atoms with E-state index in [-0.39, 0.29) is 35.4 Å². The lowest BCUT2D eigenvalue weighted by molar-refractivity contribution is -0.142. The normalized spacial score (nSPS) is 13.1. The van der Waals surface area contributed by atoms with Gasteiger partial charge in [-0.15, -0.1) is 0 Å². The molecule has 1 atom stereocenters. The standard InChI is InChI=1S/C29H61NO4.2C5H12O.C2H6/c1-23(2)31-19-16-29(12,13)34-26(28(10,11)15-14-27(7,8)9)22-30(17-20-32-24(3)4)18-21-33-25(5)6;2*1-4-6-5(2)3;1-2/h23-26H,14-22H2,1-13H3;2*5H,4H2,1-3H3;1-2H3. The minimum Gasteiger partial charge on any atom is -0.379 e. The van der Waals surface area contributed by atoms with Crippen molar-refractivity contribution < 1.29 is 28.4 Å². The van der Waals surface area contributed by atoms with Crippen molar-refractivity contribution in [1.82, 2.24) is 4.90 Å². The van der Waals surface area contributed by atoms with Gasteiger partial charge in [0.05, 0.1) is 55.4 Å². The van der Waals surface area contributed by atoms with Crippen LogP contribution in [0.5, 0.6) is 0 Å². The van der Waals surface area contributed by atoms with E-state index in [4.69, 9.17) is 28.4 Å². The highest BCUT2D eigenvalue weighted by atomic mass is 16.5. The van der Waals surface area contributed by atoms with Gasteiger partial charge in [-0.2, -0.15) is 0 Å². The van der Waals surface area contributed by atoms with Crippen LogP contribution < -0.4 is 0 Å². The molecule has 0 saturated carbocycles. The SMILES string of the molecule is CC.CC(C)OCCN(CCOC(C)C)CC(OC(C)(C)CCOC(C)C)C(C)(C)CCC(C)(C)C.CCOC(C)C.CCOC(C)C. The monoisotopic (exact) mass is 694 g/mol. The molecule has 0 aromatic heterocycles. The van der Waals surface area contributed by atoms with Gasteiger partial charge in [-0.3, -0.25) is 4.90 Å². The summed E-state index contributed by atoms with van der Waals surface area (Å²) in [6.07, 6.45) is 4.79. The van der Waals surface area contributed by atoms with Gasteiger partial charge in [0.15, 0.2) is 0 Å². The summed E-state index contributed by atoms with van der Waals surface area (Å²) in [6.45, 7) is 51.3. The molecule has 0 spiro atoms. The number of nitrogens with zero attached hydrogens (tertiary/aromatic N) is 1. The van der Waals surface area contributed by atoms with Crippen molar-refractivity contribution in [3.63, 3.8) is 0 Å². The van der Waals surface area contributed by atoms with Gasteiger partial charge in [0.1, 0.15) is 0 Å². The first-order valence-corrected chi connectivity index (χ1v) is 19.5. The van der Waals surface area contributed by atoms with Gasteiger partial charge in [-0.25, -0.2) is 0 Å². The summed E-state index contributed by atoms with van der Waals surface area (Å²) in [5.41, 5.74) is 0.0882. The molecule has 296 valence electrons. The second-order valence-electron chi connectivity index (χ2n) is 16.2. The Bertz CT molecular complexity index is 632. The predicted molar refractivity (Wildman–Crippen MR) is 211 cm³/mol. The first kappa shape index (κ1) is 54.5. The van der Waals surface area contributed by atoms with Gasteiger partial charge in [-0.1, -0.05) is 48.5 Å². The highest BCUT2D eigenvalue weighted by Crippen LogP contribution is 2.37. The molecule has 0 radical (unpaired) electrons. The fourth-order valence-electron chi connectivity index (χ4n) is 4.32. The molecule has 0 N–H and O–H groups in total. The number of rotatable bonds is 23. The molecule has 0 bridgehead atoms. The molecule has 48 heavy (non-hydrogen) atoms. The summed E-state index contributed by atoms with van der Waals surface area (Å²) in [5.74, 6) is 0. The Labute approximate surface area is 303 Å². The van der Waals surface area contributed by atoms with Crippen molar-refractivity contribution in [1.29, 1.82) is 0 Å². The minimum absolute atomic E-state index is 0.0412. The summed E-state index contributed by atoms with van der Waals surface area (Å²) < 4.78 is 34.7. The zero-order valence-electron chi connectivity index (χ0n) is 36.6. The topological polar surface area (TPSA) is 58.6 Å². The average Bonchev–Trinajstić information content (AvgIpc) is 2.92.